The van der Waals surface area contributed by atoms with Crippen molar-refractivity contribution in [2.45, 2.75) is 31.6 Å². The molecule has 1 saturated carbocycles. The third kappa shape index (κ3) is 3.28. The lowest BCUT2D eigenvalue weighted by Gasteiger charge is -2.30. The number of hydrogen-bond donors (Lipinski definition) is 1. The number of fused-ring (bicyclic) bond motifs is 2. The Bertz CT molecular complexity index is 1410. The van der Waals surface area contributed by atoms with E-state index in [1.165, 1.54) is 0 Å². The zero-order valence-electron chi connectivity index (χ0n) is 18.0. The first-order chi connectivity index (χ1) is 16.1. The first-order valence-electron chi connectivity index (χ1n) is 11.2. The number of nitrogens with zero attached hydrogens (tertiary/aromatic N) is 3. The average Bonchev–Trinajstić information content (AvgIpc) is 3.61. The van der Waals surface area contributed by atoms with Gasteiger partial charge in [0.05, 0.1) is 10.9 Å². The molecule has 4 aromatic rings. The van der Waals surface area contributed by atoms with E-state index in [-0.39, 0.29) is 5.91 Å². The summed E-state index contributed by atoms with van der Waals surface area (Å²) in [5, 5.41) is 4.91. The molecule has 0 unspecified atom stereocenters. The number of pyridine rings is 1. The lowest BCUT2D eigenvalue weighted by atomic mass is 9.94. The first kappa shape index (κ1) is 19.7. The van der Waals surface area contributed by atoms with Crippen LogP contribution in [0.15, 0.2) is 59.1 Å². The van der Waals surface area contributed by atoms with Crippen LogP contribution in [0.3, 0.4) is 0 Å². The van der Waals surface area contributed by atoms with Crippen LogP contribution in [0, 0.1) is 0 Å². The minimum Gasteiger partial charge on any atom is -0.366 e. The molecule has 1 aliphatic heterocycles. The molecule has 164 valence electrons. The normalized spacial score (nSPS) is 15.5. The Balaban J connectivity index is 1.53. The molecule has 2 aromatic carbocycles. The van der Waals surface area contributed by atoms with Gasteiger partial charge in [0.15, 0.2) is 0 Å². The molecule has 0 spiro atoms. The highest BCUT2D eigenvalue weighted by Gasteiger charge is 2.32. The van der Waals surface area contributed by atoms with E-state index in [1.54, 1.807) is 17.0 Å². The molecule has 0 saturated heterocycles. The Kier molecular flexibility index (Phi) is 4.50. The Labute approximate surface area is 190 Å². The fourth-order valence-corrected chi connectivity index (χ4v) is 4.73. The van der Waals surface area contributed by atoms with Crippen molar-refractivity contribution in [3.8, 4) is 11.3 Å². The van der Waals surface area contributed by atoms with Gasteiger partial charge in [0.1, 0.15) is 5.69 Å². The number of carbonyl (C=O) groups excluding carboxylic acids is 2. The van der Waals surface area contributed by atoms with Crippen molar-refractivity contribution in [3.05, 3.63) is 77.0 Å². The number of anilines is 1. The number of carbonyl (C=O) groups is 2. The van der Waals surface area contributed by atoms with E-state index in [0.29, 0.717) is 46.8 Å². The van der Waals surface area contributed by atoms with Gasteiger partial charge in [-0.1, -0.05) is 41.6 Å². The second kappa shape index (κ2) is 7.55. The first-order valence-corrected chi connectivity index (χ1v) is 11.2. The van der Waals surface area contributed by atoms with E-state index in [4.69, 9.17) is 15.2 Å². The van der Waals surface area contributed by atoms with Crippen molar-refractivity contribution in [2.24, 2.45) is 5.73 Å². The van der Waals surface area contributed by atoms with E-state index >= 15 is 0 Å². The Morgan fingerprint density at radius 3 is 2.61 bits per heavy atom. The average molecular weight is 438 g/mol. The molecule has 33 heavy (non-hydrogen) atoms. The fourth-order valence-electron chi connectivity index (χ4n) is 4.73. The Hall–Kier alpha value is -4.00. The van der Waals surface area contributed by atoms with Gasteiger partial charge in [-0.3, -0.25) is 9.59 Å². The lowest BCUT2D eigenvalue weighted by molar-refractivity contribution is 0.0978. The molecule has 7 nitrogen and oxygen atoms in total. The molecule has 1 fully saturated rings. The largest absolute Gasteiger partial charge is 0.366 e. The highest BCUT2D eigenvalue weighted by atomic mass is 16.5. The van der Waals surface area contributed by atoms with Gasteiger partial charge in [-0.15, -0.1) is 0 Å². The molecule has 3 heterocycles. The van der Waals surface area contributed by atoms with Crippen LogP contribution in [-0.2, 0) is 6.42 Å². The number of nitrogens with two attached hydrogens (primary N) is 1. The zero-order chi connectivity index (χ0) is 22.5. The van der Waals surface area contributed by atoms with Gasteiger partial charge in [0.2, 0.25) is 5.91 Å². The van der Waals surface area contributed by atoms with Gasteiger partial charge in [-0.05, 0) is 49.4 Å². The topological polar surface area (TPSA) is 102 Å². The molecule has 2 N–H and O–H groups in total. The standard InChI is InChI=1S/C26H22N4O3/c27-24(31)18-8-4-10-21-17(18)9-5-13-30(21)26(32)19-14-20(15-11-12-15)28-25-22(19)23(29-33-25)16-6-2-1-3-7-16/h1-4,6-8,10,14-15H,5,9,11-13H2,(H2,27,31). The van der Waals surface area contributed by atoms with Crippen LogP contribution in [-0.4, -0.2) is 28.5 Å². The fraction of sp³-hybridized carbons (Fsp3) is 0.231. The third-order valence-electron chi connectivity index (χ3n) is 6.50. The minimum absolute atomic E-state index is 0.146. The molecular formula is C26H22N4O3. The Morgan fingerprint density at radius 2 is 1.85 bits per heavy atom. The molecule has 1 aliphatic carbocycles. The summed E-state index contributed by atoms with van der Waals surface area (Å²) in [6, 6.07) is 16.9. The van der Waals surface area contributed by atoms with E-state index in [9.17, 15) is 9.59 Å². The summed E-state index contributed by atoms with van der Waals surface area (Å²) < 4.78 is 5.63. The molecule has 2 aromatic heterocycles. The van der Waals surface area contributed by atoms with Crippen LogP contribution in [0.4, 0.5) is 5.69 Å². The maximum absolute atomic E-state index is 14.0. The van der Waals surface area contributed by atoms with E-state index < -0.39 is 5.91 Å². The highest BCUT2D eigenvalue weighted by molar-refractivity contribution is 6.16. The summed E-state index contributed by atoms with van der Waals surface area (Å²) >= 11 is 0. The highest BCUT2D eigenvalue weighted by Crippen LogP contribution is 2.42. The second-order valence-corrected chi connectivity index (χ2v) is 8.67. The molecule has 2 amide bonds. The van der Waals surface area contributed by atoms with Crippen molar-refractivity contribution in [2.75, 3.05) is 11.4 Å². The third-order valence-corrected chi connectivity index (χ3v) is 6.50. The summed E-state index contributed by atoms with van der Waals surface area (Å²) in [5.74, 6) is -0.276. The van der Waals surface area contributed by atoms with Gasteiger partial charge in [-0.2, -0.15) is 0 Å². The van der Waals surface area contributed by atoms with Gasteiger partial charge in [-0.25, -0.2) is 4.98 Å². The SMILES string of the molecule is NC(=O)c1cccc2c1CCCN2C(=O)c1cc(C2CC2)nc2onc(-c3ccccc3)c12. The van der Waals surface area contributed by atoms with Crippen molar-refractivity contribution in [1.29, 1.82) is 0 Å². The molecule has 7 heteroatoms. The number of hydrogen-bond acceptors (Lipinski definition) is 5. The van der Waals surface area contributed by atoms with Gasteiger partial charge in [0, 0.05) is 35.0 Å². The number of aromatic nitrogens is 2. The predicted molar refractivity (Wildman–Crippen MR) is 124 cm³/mol. The summed E-state index contributed by atoms with van der Waals surface area (Å²) in [6.45, 7) is 0.558. The molecule has 6 rings (SSSR count). The number of amides is 2. The quantitative estimate of drug-likeness (QED) is 0.507. The van der Waals surface area contributed by atoms with Gasteiger partial charge < -0.3 is 15.2 Å². The van der Waals surface area contributed by atoms with Crippen LogP contribution in [0.2, 0.25) is 0 Å². The van der Waals surface area contributed by atoms with Crippen LogP contribution in [0.25, 0.3) is 22.4 Å². The van der Waals surface area contributed by atoms with E-state index in [2.05, 4.69) is 5.16 Å². The van der Waals surface area contributed by atoms with Crippen molar-refractivity contribution < 1.29 is 14.1 Å². The van der Waals surface area contributed by atoms with Gasteiger partial charge in [0.25, 0.3) is 11.6 Å². The molecule has 2 aliphatic rings. The van der Waals surface area contributed by atoms with Crippen LogP contribution in [0.5, 0.6) is 0 Å². The van der Waals surface area contributed by atoms with Crippen molar-refractivity contribution in [1.82, 2.24) is 10.1 Å². The molecular weight excluding hydrogens is 416 g/mol. The number of benzene rings is 2. The monoisotopic (exact) mass is 438 g/mol. The number of primary amides is 1. The van der Waals surface area contributed by atoms with Crippen molar-refractivity contribution >= 4 is 28.6 Å². The van der Waals surface area contributed by atoms with Gasteiger partial charge >= 0.3 is 0 Å². The van der Waals surface area contributed by atoms with Crippen LogP contribution >= 0.6 is 0 Å². The van der Waals surface area contributed by atoms with E-state index in [0.717, 1.165) is 41.8 Å². The lowest BCUT2D eigenvalue weighted by Crippen LogP contribution is -2.36. The molecule has 0 atom stereocenters. The summed E-state index contributed by atoms with van der Waals surface area (Å²) in [5.41, 5.74) is 10.9. The summed E-state index contributed by atoms with van der Waals surface area (Å²) in [4.78, 5) is 32.5. The number of rotatable bonds is 4. The van der Waals surface area contributed by atoms with E-state index in [1.807, 2.05) is 42.5 Å². The maximum Gasteiger partial charge on any atom is 0.259 e. The van der Waals surface area contributed by atoms with Crippen LogP contribution < -0.4 is 10.6 Å². The Morgan fingerprint density at radius 1 is 1.03 bits per heavy atom. The second-order valence-electron chi connectivity index (χ2n) is 8.67. The predicted octanol–water partition coefficient (Wildman–Crippen LogP) is 4.46. The molecule has 0 bridgehead atoms. The van der Waals surface area contributed by atoms with Crippen molar-refractivity contribution in [3.63, 3.8) is 0 Å². The summed E-state index contributed by atoms with van der Waals surface area (Å²) in [6.07, 6.45) is 3.57. The minimum atomic E-state index is -0.478. The molecule has 0 radical (unpaired) electrons. The zero-order valence-corrected chi connectivity index (χ0v) is 18.0. The summed E-state index contributed by atoms with van der Waals surface area (Å²) in [7, 11) is 0. The smallest absolute Gasteiger partial charge is 0.259 e. The maximum atomic E-state index is 14.0. The van der Waals surface area contributed by atoms with Crippen LogP contribution in [0.1, 0.15) is 57.2 Å².